The zero-order chi connectivity index (χ0) is 21.2. The minimum atomic E-state index is -3.72. The zero-order valence-corrected chi connectivity index (χ0v) is 16.7. The number of rotatable bonds is 6. The number of oxazole rings is 1. The van der Waals surface area contributed by atoms with Crippen molar-refractivity contribution in [3.8, 4) is 0 Å². The van der Waals surface area contributed by atoms with Crippen LogP contribution in [-0.2, 0) is 14.8 Å². The lowest BCUT2D eigenvalue weighted by Crippen LogP contribution is -2.53. The van der Waals surface area contributed by atoms with Crippen molar-refractivity contribution in [3.05, 3.63) is 35.2 Å². The molecule has 5 N–H and O–H groups in total. The van der Waals surface area contributed by atoms with E-state index in [9.17, 15) is 18.0 Å². The summed E-state index contributed by atoms with van der Waals surface area (Å²) in [5.74, 6) is -1.41. The molecule has 29 heavy (non-hydrogen) atoms. The van der Waals surface area contributed by atoms with Crippen molar-refractivity contribution in [2.24, 2.45) is 5.73 Å². The van der Waals surface area contributed by atoms with E-state index in [0.717, 1.165) is 10.6 Å². The molecule has 3 rings (SSSR count). The lowest BCUT2D eigenvalue weighted by Gasteiger charge is -2.35. The van der Waals surface area contributed by atoms with Crippen molar-refractivity contribution in [1.82, 2.24) is 9.29 Å². The lowest BCUT2D eigenvalue weighted by molar-refractivity contribution is -0.126. The predicted octanol–water partition coefficient (Wildman–Crippen LogP) is 0.0996. The highest BCUT2D eigenvalue weighted by molar-refractivity contribution is 7.89. The molecule has 1 aromatic carbocycles. The third-order valence-electron chi connectivity index (χ3n) is 4.21. The first kappa shape index (κ1) is 20.9. The van der Waals surface area contributed by atoms with Crippen LogP contribution < -0.4 is 21.7 Å². The molecule has 1 saturated heterocycles. The Hall–Kier alpha value is -2.83. The van der Waals surface area contributed by atoms with Crippen LogP contribution in [0.25, 0.3) is 0 Å². The van der Waals surface area contributed by atoms with Crippen LogP contribution >= 0.6 is 11.6 Å². The Morgan fingerprint density at radius 1 is 1.34 bits per heavy atom. The summed E-state index contributed by atoms with van der Waals surface area (Å²) in [6, 6.07) is 4.67. The number of sulfonamides is 1. The normalized spacial score (nSPS) is 14.9. The standard InChI is InChI=1S/C16H19ClN6O5S/c17-11-2-1-10(7-12(11)20-15(25)13-9-28-16(19)21-13)22-4-5-23(14(24)8-22)29(26,27)6-3-18/h1-2,7,9H,3-6,8,18H2,(H2,19,21)(H,20,25). The van der Waals surface area contributed by atoms with Crippen LogP contribution in [0.1, 0.15) is 10.5 Å². The number of hydrogen-bond acceptors (Lipinski definition) is 9. The van der Waals surface area contributed by atoms with Gasteiger partial charge >= 0.3 is 0 Å². The fraction of sp³-hybridized carbons (Fsp3) is 0.312. The van der Waals surface area contributed by atoms with Crippen molar-refractivity contribution in [3.63, 3.8) is 0 Å². The van der Waals surface area contributed by atoms with Gasteiger partial charge in [-0.25, -0.2) is 12.7 Å². The van der Waals surface area contributed by atoms with E-state index in [1.54, 1.807) is 23.1 Å². The smallest absolute Gasteiger partial charge is 0.292 e. The van der Waals surface area contributed by atoms with Crippen LogP contribution in [-0.4, -0.2) is 61.5 Å². The number of aromatic nitrogens is 1. The SMILES string of the molecule is NCCS(=O)(=O)N1CCN(c2ccc(Cl)c(NC(=O)c3coc(N)n3)c2)CC1=O. The maximum atomic E-state index is 12.4. The highest BCUT2D eigenvalue weighted by Crippen LogP contribution is 2.29. The first-order chi connectivity index (χ1) is 13.7. The number of nitrogen functional groups attached to an aromatic ring is 1. The quantitative estimate of drug-likeness (QED) is 0.562. The third-order valence-corrected chi connectivity index (χ3v) is 6.35. The lowest BCUT2D eigenvalue weighted by atomic mass is 10.2. The molecule has 0 saturated carbocycles. The highest BCUT2D eigenvalue weighted by Gasteiger charge is 2.32. The fourth-order valence-corrected chi connectivity index (χ4v) is 4.23. The van der Waals surface area contributed by atoms with Crippen LogP contribution in [0.2, 0.25) is 5.02 Å². The van der Waals surface area contributed by atoms with Gasteiger partial charge in [0.1, 0.15) is 6.26 Å². The maximum Gasteiger partial charge on any atom is 0.292 e. The molecule has 0 radical (unpaired) electrons. The van der Waals surface area contributed by atoms with Crippen LogP contribution in [0.5, 0.6) is 0 Å². The predicted molar refractivity (Wildman–Crippen MR) is 107 cm³/mol. The molecule has 2 aromatic rings. The van der Waals surface area contributed by atoms with Crippen molar-refractivity contribution >= 4 is 50.8 Å². The molecule has 0 bridgehead atoms. The van der Waals surface area contributed by atoms with Gasteiger partial charge in [-0.1, -0.05) is 11.6 Å². The van der Waals surface area contributed by atoms with Gasteiger partial charge in [0.05, 0.1) is 29.6 Å². The first-order valence-electron chi connectivity index (χ1n) is 8.51. The number of nitrogens with one attached hydrogen (secondary N) is 1. The molecule has 13 heteroatoms. The Bertz CT molecular complexity index is 1040. The van der Waals surface area contributed by atoms with Crippen LogP contribution in [0, 0.1) is 0 Å². The van der Waals surface area contributed by atoms with Gasteiger partial charge in [-0.05, 0) is 18.2 Å². The number of amides is 2. The third kappa shape index (κ3) is 4.60. The average molecular weight is 443 g/mol. The molecule has 0 aliphatic carbocycles. The summed E-state index contributed by atoms with van der Waals surface area (Å²) in [4.78, 5) is 30.0. The summed E-state index contributed by atoms with van der Waals surface area (Å²) >= 11 is 6.15. The molecule has 156 valence electrons. The molecule has 1 aromatic heterocycles. The Balaban J connectivity index is 1.75. The maximum absolute atomic E-state index is 12.4. The second-order valence-corrected chi connectivity index (χ2v) is 8.60. The molecule has 2 amide bonds. The molecule has 1 aliphatic heterocycles. The number of nitrogens with zero attached hydrogens (tertiary/aromatic N) is 3. The molecule has 0 spiro atoms. The van der Waals surface area contributed by atoms with Crippen molar-refractivity contribution in [2.45, 2.75) is 0 Å². The van der Waals surface area contributed by atoms with Crippen LogP contribution in [0.4, 0.5) is 17.4 Å². The Labute approximate surface area is 171 Å². The van der Waals surface area contributed by atoms with Crippen LogP contribution in [0.3, 0.4) is 0 Å². The zero-order valence-electron chi connectivity index (χ0n) is 15.2. The van der Waals surface area contributed by atoms with Gasteiger partial charge in [0, 0.05) is 18.8 Å². The monoisotopic (exact) mass is 442 g/mol. The fourth-order valence-electron chi connectivity index (χ4n) is 2.82. The molecule has 11 nitrogen and oxygen atoms in total. The molecule has 1 aliphatic rings. The Morgan fingerprint density at radius 2 is 2.10 bits per heavy atom. The highest BCUT2D eigenvalue weighted by atomic mass is 35.5. The van der Waals surface area contributed by atoms with Gasteiger partial charge < -0.3 is 26.1 Å². The van der Waals surface area contributed by atoms with E-state index < -0.39 is 21.8 Å². The molecular weight excluding hydrogens is 424 g/mol. The number of nitrogens with two attached hydrogens (primary N) is 2. The van der Waals surface area contributed by atoms with E-state index in [1.807, 2.05) is 0 Å². The molecule has 2 heterocycles. The molecule has 0 unspecified atom stereocenters. The topological polar surface area (TPSA) is 165 Å². The van der Waals surface area contributed by atoms with E-state index in [0.29, 0.717) is 11.4 Å². The number of carbonyl (C=O) groups is 2. The molecular formula is C16H19ClN6O5S. The molecule has 0 atom stereocenters. The minimum Gasteiger partial charge on any atom is -0.431 e. The van der Waals surface area contributed by atoms with E-state index in [4.69, 9.17) is 27.5 Å². The first-order valence-corrected chi connectivity index (χ1v) is 10.5. The van der Waals surface area contributed by atoms with Gasteiger partial charge in [-0.3, -0.25) is 9.59 Å². The van der Waals surface area contributed by atoms with Gasteiger partial charge in [0.25, 0.3) is 17.8 Å². The van der Waals surface area contributed by atoms with Gasteiger partial charge in [0.2, 0.25) is 10.0 Å². The van der Waals surface area contributed by atoms with Crippen molar-refractivity contribution < 1.29 is 22.4 Å². The van der Waals surface area contributed by atoms with E-state index in [2.05, 4.69) is 10.3 Å². The number of benzene rings is 1. The summed E-state index contributed by atoms with van der Waals surface area (Å²) in [7, 11) is -3.72. The number of anilines is 3. The largest absolute Gasteiger partial charge is 0.431 e. The van der Waals surface area contributed by atoms with Gasteiger partial charge in [-0.2, -0.15) is 4.98 Å². The average Bonchev–Trinajstić information content (AvgIpc) is 3.09. The summed E-state index contributed by atoms with van der Waals surface area (Å²) in [6.07, 6.45) is 1.11. The minimum absolute atomic E-state index is 0.00367. The number of piperazine rings is 1. The summed E-state index contributed by atoms with van der Waals surface area (Å²) in [5.41, 5.74) is 11.5. The van der Waals surface area contributed by atoms with E-state index >= 15 is 0 Å². The Kier molecular flexibility index (Phi) is 5.96. The second kappa shape index (κ2) is 8.27. The second-order valence-electron chi connectivity index (χ2n) is 6.18. The van der Waals surface area contributed by atoms with Gasteiger partial charge in [0.15, 0.2) is 5.69 Å². The van der Waals surface area contributed by atoms with Gasteiger partial charge in [-0.15, -0.1) is 0 Å². The molecule has 1 fully saturated rings. The van der Waals surface area contributed by atoms with Crippen molar-refractivity contribution in [1.29, 1.82) is 0 Å². The van der Waals surface area contributed by atoms with Crippen molar-refractivity contribution in [2.75, 3.05) is 47.9 Å². The Morgan fingerprint density at radius 3 is 2.72 bits per heavy atom. The summed E-state index contributed by atoms with van der Waals surface area (Å²) in [5, 5.41) is 2.87. The number of halogens is 1. The van der Waals surface area contributed by atoms with E-state index in [-0.39, 0.29) is 48.7 Å². The number of carbonyl (C=O) groups excluding carboxylic acids is 2. The summed E-state index contributed by atoms with van der Waals surface area (Å²) in [6.45, 7) is 0.0833. The van der Waals surface area contributed by atoms with Crippen LogP contribution in [0.15, 0.2) is 28.9 Å². The van der Waals surface area contributed by atoms with E-state index in [1.165, 1.54) is 0 Å². The number of hydrogen-bond donors (Lipinski definition) is 3. The summed E-state index contributed by atoms with van der Waals surface area (Å²) < 4.78 is 29.9.